The molecule has 0 spiro atoms. The molecule has 1 amide bonds. The van der Waals surface area contributed by atoms with Crippen LogP contribution in [0, 0.1) is 0 Å². The number of hydrogen-bond acceptors (Lipinski definition) is 4. The number of esters is 1. The highest BCUT2D eigenvalue weighted by Gasteiger charge is 2.68. The summed E-state index contributed by atoms with van der Waals surface area (Å²) in [4.78, 5) is 23.3. The number of methoxy groups -OCH3 is 1. The Labute approximate surface area is 117 Å². The van der Waals surface area contributed by atoms with Crippen LogP contribution in [0.1, 0.15) is 5.56 Å². The number of benzene rings is 1. The van der Waals surface area contributed by atoms with E-state index in [0.29, 0.717) is 0 Å². The minimum Gasteiger partial charge on any atom is -0.466 e. The Bertz CT molecular complexity index is 624. The molecule has 0 bridgehead atoms. The smallest absolute Gasteiger partial charge is 0.431 e. The maximum absolute atomic E-state index is 13.1. The molecule has 0 saturated carbocycles. The molecule has 2 N–H and O–H groups in total. The molecule has 1 aliphatic rings. The fourth-order valence-electron chi connectivity index (χ4n) is 2.00. The third kappa shape index (κ3) is 2.17. The van der Waals surface area contributed by atoms with Gasteiger partial charge in [0.05, 0.1) is 12.8 Å². The molecule has 0 aromatic heterocycles. The minimum atomic E-state index is -5.36. The quantitative estimate of drug-likeness (QED) is 0.799. The van der Waals surface area contributed by atoms with Gasteiger partial charge in [0.25, 0.3) is 11.5 Å². The molecule has 1 atom stereocenters. The number of ether oxygens (including phenoxy) is 1. The molecule has 2 rings (SSSR count). The summed E-state index contributed by atoms with van der Waals surface area (Å²) in [5, 5.41) is 11.7. The van der Waals surface area contributed by atoms with Gasteiger partial charge in [-0.05, 0) is 5.56 Å². The predicted molar refractivity (Wildman–Crippen MR) is 64.5 cm³/mol. The van der Waals surface area contributed by atoms with Crippen LogP contribution >= 0.6 is 0 Å². The van der Waals surface area contributed by atoms with Crippen molar-refractivity contribution in [1.29, 1.82) is 0 Å². The molecule has 8 heteroatoms. The van der Waals surface area contributed by atoms with Gasteiger partial charge in [-0.25, -0.2) is 4.79 Å². The lowest BCUT2D eigenvalue weighted by Crippen LogP contribution is -2.54. The summed E-state index contributed by atoms with van der Waals surface area (Å²) in [5.41, 5.74) is -5.39. The summed E-state index contributed by atoms with van der Waals surface area (Å²) in [6.45, 7) is 0. The summed E-state index contributed by atoms with van der Waals surface area (Å²) in [7, 11) is 0.859. The average Bonchev–Trinajstić information content (AvgIpc) is 2.72. The number of alkyl halides is 3. The lowest BCUT2D eigenvalue weighted by atomic mass is 9.92. The van der Waals surface area contributed by atoms with E-state index in [9.17, 15) is 27.9 Å². The number of carbonyl (C=O) groups is 2. The van der Waals surface area contributed by atoms with Crippen LogP contribution < -0.4 is 5.32 Å². The number of rotatable bonds is 2. The molecule has 5 nitrogen and oxygen atoms in total. The van der Waals surface area contributed by atoms with E-state index < -0.39 is 34.9 Å². The topological polar surface area (TPSA) is 75.6 Å². The van der Waals surface area contributed by atoms with Crippen molar-refractivity contribution in [3.05, 3.63) is 41.5 Å². The molecule has 112 valence electrons. The summed E-state index contributed by atoms with van der Waals surface area (Å²) in [6.07, 6.45) is -5.36. The van der Waals surface area contributed by atoms with Crippen LogP contribution in [0.2, 0.25) is 0 Å². The molecule has 1 aliphatic heterocycles. The fourth-order valence-corrected chi connectivity index (χ4v) is 2.00. The number of halogens is 3. The first kappa shape index (κ1) is 15.0. The first-order chi connectivity index (χ1) is 9.73. The van der Waals surface area contributed by atoms with Crippen molar-refractivity contribution in [3.63, 3.8) is 0 Å². The largest absolute Gasteiger partial charge is 0.466 e. The van der Waals surface area contributed by atoms with E-state index in [2.05, 4.69) is 4.74 Å². The van der Waals surface area contributed by atoms with E-state index in [1.54, 1.807) is 6.07 Å². The minimum absolute atomic E-state index is 0.145. The lowest BCUT2D eigenvalue weighted by molar-refractivity contribution is -0.236. The number of nitrogens with one attached hydrogen (secondary N) is 1. The van der Waals surface area contributed by atoms with Gasteiger partial charge in [0.2, 0.25) is 0 Å². The molecule has 0 fully saturated rings. The highest BCUT2D eigenvalue weighted by atomic mass is 19.4. The third-order valence-corrected chi connectivity index (χ3v) is 3.04. The summed E-state index contributed by atoms with van der Waals surface area (Å²) < 4.78 is 43.5. The van der Waals surface area contributed by atoms with Gasteiger partial charge in [0.15, 0.2) is 0 Å². The van der Waals surface area contributed by atoms with E-state index in [0.717, 1.165) is 7.11 Å². The van der Waals surface area contributed by atoms with Crippen molar-refractivity contribution in [1.82, 2.24) is 5.32 Å². The molecule has 0 saturated heterocycles. The van der Waals surface area contributed by atoms with E-state index in [4.69, 9.17) is 0 Å². The summed E-state index contributed by atoms with van der Waals surface area (Å²) in [6, 6.07) is 7.40. The van der Waals surface area contributed by atoms with E-state index in [1.807, 2.05) is 5.32 Å². The first-order valence-electron chi connectivity index (χ1n) is 5.72. The van der Waals surface area contributed by atoms with Gasteiger partial charge in [-0.15, -0.1) is 0 Å². The van der Waals surface area contributed by atoms with Crippen LogP contribution in [0.5, 0.6) is 0 Å². The van der Waals surface area contributed by atoms with Crippen molar-refractivity contribution in [2.75, 3.05) is 7.11 Å². The number of carbonyl (C=O) groups excluding carboxylic acids is 2. The van der Waals surface area contributed by atoms with Crippen molar-refractivity contribution in [2.45, 2.75) is 11.8 Å². The average molecular weight is 301 g/mol. The molecule has 1 unspecified atom stereocenters. The first-order valence-corrected chi connectivity index (χ1v) is 5.72. The van der Waals surface area contributed by atoms with E-state index in [1.165, 1.54) is 24.3 Å². The van der Waals surface area contributed by atoms with Crippen LogP contribution in [0.3, 0.4) is 0 Å². The zero-order valence-corrected chi connectivity index (χ0v) is 10.7. The molecular weight excluding hydrogens is 291 g/mol. The molecule has 21 heavy (non-hydrogen) atoms. The molecule has 1 aromatic rings. The van der Waals surface area contributed by atoms with Crippen molar-refractivity contribution in [2.24, 2.45) is 0 Å². The zero-order chi connectivity index (χ0) is 15.8. The lowest BCUT2D eigenvalue weighted by Gasteiger charge is -2.24. The van der Waals surface area contributed by atoms with Gasteiger partial charge < -0.3 is 15.2 Å². The fraction of sp³-hybridized carbons (Fsp3) is 0.231. The van der Waals surface area contributed by atoms with Crippen molar-refractivity contribution >= 4 is 17.6 Å². The second-order valence-corrected chi connectivity index (χ2v) is 4.27. The second kappa shape index (κ2) is 4.88. The monoisotopic (exact) mass is 301 g/mol. The summed E-state index contributed by atoms with van der Waals surface area (Å²) in [5.74, 6) is -3.18. The second-order valence-electron chi connectivity index (χ2n) is 4.27. The van der Waals surface area contributed by atoms with Gasteiger partial charge in [0, 0.05) is 0 Å². The Balaban J connectivity index is 2.72. The van der Waals surface area contributed by atoms with E-state index >= 15 is 0 Å². The van der Waals surface area contributed by atoms with Crippen LogP contribution in [0.4, 0.5) is 13.2 Å². The predicted octanol–water partition coefficient (Wildman–Crippen LogP) is 0.994. The number of hydrogen-bond donors (Lipinski definition) is 2. The number of amides is 1. The Morgan fingerprint density at radius 1 is 1.29 bits per heavy atom. The molecule has 0 aliphatic carbocycles. The normalized spacial score (nSPS) is 22.2. The Morgan fingerprint density at radius 3 is 2.33 bits per heavy atom. The van der Waals surface area contributed by atoms with Gasteiger partial charge >= 0.3 is 12.1 Å². The van der Waals surface area contributed by atoms with Crippen LogP contribution in [-0.4, -0.2) is 35.9 Å². The van der Waals surface area contributed by atoms with Crippen LogP contribution in [0.15, 0.2) is 35.9 Å². The molecule has 0 radical (unpaired) electrons. The van der Waals surface area contributed by atoms with Crippen molar-refractivity contribution in [3.8, 4) is 0 Å². The van der Waals surface area contributed by atoms with Crippen molar-refractivity contribution < 1.29 is 32.6 Å². The Morgan fingerprint density at radius 2 is 1.86 bits per heavy atom. The van der Waals surface area contributed by atoms with Gasteiger partial charge in [-0.1, -0.05) is 30.3 Å². The summed E-state index contributed by atoms with van der Waals surface area (Å²) >= 11 is 0. The molecule has 1 heterocycles. The molecule has 1 aromatic carbocycles. The van der Waals surface area contributed by atoms with Gasteiger partial charge in [-0.3, -0.25) is 4.79 Å². The maximum atomic E-state index is 13.1. The Hall–Kier alpha value is -2.35. The SMILES string of the molecule is COC(=O)C1=C(c2ccccc2)NC(=O)C1(O)C(F)(F)F. The Kier molecular flexibility index (Phi) is 3.50. The zero-order valence-electron chi connectivity index (χ0n) is 10.7. The number of aliphatic hydroxyl groups is 1. The highest BCUT2D eigenvalue weighted by molar-refractivity contribution is 6.15. The third-order valence-electron chi connectivity index (χ3n) is 3.04. The highest BCUT2D eigenvalue weighted by Crippen LogP contribution is 2.43. The van der Waals surface area contributed by atoms with Gasteiger partial charge in [0.1, 0.15) is 5.57 Å². The van der Waals surface area contributed by atoms with Gasteiger partial charge in [-0.2, -0.15) is 13.2 Å². The van der Waals surface area contributed by atoms with E-state index in [-0.39, 0.29) is 5.56 Å². The standard InChI is InChI=1S/C13H10F3NO4/c1-21-10(18)8-9(7-5-3-2-4-6-7)17-11(19)12(8,20)13(14,15)16/h2-6,20H,1H3,(H,17,19). The van der Waals surface area contributed by atoms with Crippen LogP contribution in [0.25, 0.3) is 5.70 Å². The van der Waals surface area contributed by atoms with Crippen LogP contribution in [-0.2, 0) is 14.3 Å². The molecular formula is C13H10F3NO4. The maximum Gasteiger partial charge on any atom is 0.431 e.